The fourth-order valence-electron chi connectivity index (χ4n) is 0.972. The number of nitrogens with zero attached hydrogens (tertiary/aromatic N) is 3. The van der Waals surface area contributed by atoms with E-state index in [4.69, 9.17) is 11.5 Å². The van der Waals surface area contributed by atoms with Crippen molar-refractivity contribution in [2.45, 2.75) is 12.5 Å². The van der Waals surface area contributed by atoms with Gasteiger partial charge >= 0.3 is 0 Å². The van der Waals surface area contributed by atoms with E-state index in [1.807, 2.05) is 0 Å². The molecule has 6 heteroatoms. The van der Waals surface area contributed by atoms with Crippen LogP contribution in [0.5, 0.6) is 0 Å². The minimum atomic E-state index is -0.287. The zero-order valence-corrected chi connectivity index (χ0v) is 8.07. The van der Waals surface area contributed by atoms with Gasteiger partial charge in [0.15, 0.2) is 5.82 Å². The Labute approximate surface area is 82.5 Å². The molecule has 0 amide bonds. The lowest BCUT2D eigenvalue weighted by atomic mass is 10.2. The van der Waals surface area contributed by atoms with Crippen molar-refractivity contribution in [1.29, 1.82) is 0 Å². The first-order chi connectivity index (χ1) is 6.67. The van der Waals surface area contributed by atoms with E-state index < -0.39 is 0 Å². The van der Waals surface area contributed by atoms with Crippen molar-refractivity contribution in [3.05, 3.63) is 18.5 Å². The molecule has 0 aliphatic heterocycles. The first kappa shape index (κ1) is 10.4. The third kappa shape index (κ3) is 2.40. The second-order valence-electron chi connectivity index (χ2n) is 2.76. The maximum Gasteiger partial charge on any atom is 0.227 e. The summed E-state index contributed by atoms with van der Waals surface area (Å²) >= 11 is 0. The number of anilines is 2. The molecule has 0 fully saturated rings. The van der Waals surface area contributed by atoms with Crippen LogP contribution in [0.15, 0.2) is 12.7 Å². The fourth-order valence-corrected chi connectivity index (χ4v) is 0.972. The Kier molecular flexibility index (Phi) is 3.35. The summed E-state index contributed by atoms with van der Waals surface area (Å²) in [5, 5.41) is 2.78. The minimum Gasteiger partial charge on any atom is -0.368 e. The van der Waals surface area contributed by atoms with Crippen LogP contribution in [0, 0.1) is 0 Å². The van der Waals surface area contributed by atoms with Crippen LogP contribution in [0.3, 0.4) is 0 Å². The van der Waals surface area contributed by atoms with Crippen LogP contribution in [-0.4, -0.2) is 22.0 Å². The summed E-state index contributed by atoms with van der Waals surface area (Å²) in [5.74, 6) is 1.06. The van der Waals surface area contributed by atoms with E-state index in [0.29, 0.717) is 18.2 Å². The van der Waals surface area contributed by atoms with Crippen LogP contribution in [0.2, 0.25) is 0 Å². The first-order valence-electron chi connectivity index (χ1n) is 4.23. The van der Waals surface area contributed by atoms with Crippen molar-refractivity contribution in [1.82, 2.24) is 15.0 Å². The highest BCUT2D eigenvalue weighted by Gasteiger charge is 2.10. The average Bonchev–Trinajstić information content (AvgIpc) is 2.17. The number of nitrogens with two attached hydrogens (primary N) is 2. The number of hydrogen-bond acceptors (Lipinski definition) is 6. The standard InChI is InChI=1S/C8H14N6/c1-3-4-5(9)6-12-7(10)14-8(11-2)13-6/h3,5H,1,4,9H2,2H3,(H3,10,11,12,13,14). The van der Waals surface area contributed by atoms with Crippen LogP contribution in [0.4, 0.5) is 11.9 Å². The van der Waals surface area contributed by atoms with Gasteiger partial charge in [0.2, 0.25) is 11.9 Å². The second kappa shape index (κ2) is 4.52. The highest BCUT2D eigenvalue weighted by molar-refractivity contribution is 5.30. The van der Waals surface area contributed by atoms with Gasteiger partial charge in [0, 0.05) is 7.05 Å². The molecule has 1 unspecified atom stereocenters. The molecule has 0 bridgehead atoms. The summed E-state index contributed by atoms with van der Waals surface area (Å²) in [6.07, 6.45) is 2.32. The third-order valence-corrected chi connectivity index (χ3v) is 1.65. The summed E-state index contributed by atoms with van der Waals surface area (Å²) in [5.41, 5.74) is 11.3. The van der Waals surface area contributed by atoms with Gasteiger partial charge in [-0.3, -0.25) is 0 Å². The van der Waals surface area contributed by atoms with E-state index in [-0.39, 0.29) is 12.0 Å². The molecule has 5 N–H and O–H groups in total. The molecule has 1 heterocycles. The lowest BCUT2D eigenvalue weighted by molar-refractivity contribution is 0.679. The van der Waals surface area contributed by atoms with Crippen LogP contribution < -0.4 is 16.8 Å². The van der Waals surface area contributed by atoms with E-state index in [2.05, 4.69) is 26.8 Å². The van der Waals surface area contributed by atoms with Gasteiger partial charge in [0.05, 0.1) is 6.04 Å². The molecule has 0 saturated heterocycles. The molecule has 1 atom stereocenters. The molecule has 6 nitrogen and oxygen atoms in total. The zero-order valence-electron chi connectivity index (χ0n) is 8.07. The first-order valence-corrected chi connectivity index (χ1v) is 4.23. The molecule has 0 saturated carbocycles. The van der Waals surface area contributed by atoms with E-state index in [9.17, 15) is 0 Å². The largest absolute Gasteiger partial charge is 0.368 e. The zero-order chi connectivity index (χ0) is 10.6. The Morgan fingerprint density at radius 1 is 1.50 bits per heavy atom. The predicted octanol–water partition coefficient (Wildman–Crippen LogP) is 0.0714. The normalized spacial score (nSPS) is 12.1. The average molecular weight is 194 g/mol. The fraction of sp³-hybridized carbons (Fsp3) is 0.375. The topological polar surface area (TPSA) is 103 Å². The van der Waals surface area contributed by atoms with Gasteiger partial charge < -0.3 is 16.8 Å². The lowest BCUT2D eigenvalue weighted by Crippen LogP contribution is -2.16. The molecule has 1 aromatic heterocycles. The van der Waals surface area contributed by atoms with Crippen LogP contribution in [0.25, 0.3) is 0 Å². The highest BCUT2D eigenvalue weighted by Crippen LogP contribution is 2.11. The van der Waals surface area contributed by atoms with Gasteiger partial charge in [0.1, 0.15) is 0 Å². The van der Waals surface area contributed by atoms with Gasteiger partial charge in [-0.25, -0.2) is 0 Å². The Hall–Kier alpha value is -1.69. The molecule has 0 aliphatic rings. The number of nitrogens with one attached hydrogen (secondary N) is 1. The van der Waals surface area contributed by atoms with E-state index in [1.165, 1.54) is 0 Å². The number of nitrogen functional groups attached to an aromatic ring is 1. The molecular weight excluding hydrogens is 180 g/mol. The van der Waals surface area contributed by atoms with E-state index in [0.717, 1.165) is 0 Å². The summed E-state index contributed by atoms with van der Waals surface area (Å²) in [4.78, 5) is 11.9. The smallest absolute Gasteiger partial charge is 0.227 e. The predicted molar refractivity (Wildman–Crippen MR) is 55.5 cm³/mol. The van der Waals surface area contributed by atoms with Crippen molar-refractivity contribution >= 4 is 11.9 Å². The Bertz CT molecular complexity index is 324. The summed E-state index contributed by atoms with van der Waals surface area (Å²) in [7, 11) is 1.71. The summed E-state index contributed by atoms with van der Waals surface area (Å²) in [6.45, 7) is 3.59. The summed E-state index contributed by atoms with van der Waals surface area (Å²) < 4.78 is 0. The Morgan fingerprint density at radius 2 is 2.21 bits per heavy atom. The molecule has 0 aromatic carbocycles. The van der Waals surface area contributed by atoms with Crippen molar-refractivity contribution in [2.24, 2.45) is 5.73 Å². The molecule has 1 aromatic rings. The lowest BCUT2D eigenvalue weighted by Gasteiger charge is -2.08. The summed E-state index contributed by atoms with van der Waals surface area (Å²) in [6, 6.07) is -0.287. The van der Waals surface area contributed by atoms with E-state index in [1.54, 1.807) is 13.1 Å². The molecule has 0 aliphatic carbocycles. The van der Waals surface area contributed by atoms with Crippen LogP contribution in [0.1, 0.15) is 18.3 Å². The van der Waals surface area contributed by atoms with Crippen molar-refractivity contribution in [3.8, 4) is 0 Å². The molecule has 0 radical (unpaired) electrons. The minimum absolute atomic E-state index is 0.166. The Morgan fingerprint density at radius 3 is 2.79 bits per heavy atom. The maximum absolute atomic E-state index is 5.79. The van der Waals surface area contributed by atoms with Gasteiger partial charge in [-0.15, -0.1) is 6.58 Å². The van der Waals surface area contributed by atoms with Crippen LogP contribution in [-0.2, 0) is 0 Å². The molecule has 14 heavy (non-hydrogen) atoms. The number of aromatic nitrogens is 3. The molecule has 76 valence electrons. The van der Waals surface area contributed by atoms with Gasteiger partial charge in [-0.05, 0) is 6.42 Å². The van der Waals surface area contributed by atoms with Gasteiger partial charge in [-0.2, -0.15) is 15.0 Å². The van der Waals surface area contributed by atoms with Gasteiger partial charge in [-0.1, -0.05) is 6.08 Å². The SMILES string of the molecule is C=CCC(N)c1nc(N)nc(NC)n1. The second-order valence-corrected chi connectivity index (χ2v) is 2.76. The monoisotopic (exact) mass is 194 g/mol. The quantitative estimate of drug-likeness (QED) is 0.586. The van der Waals surface area contributed by atoms with Crippen molar-refractivity contribution in [3.63, 3.8) is 0 Å². The molecular formula is C8H14N6. The van der Waals surface area contributed by atoms with Crippen molar-refractivity contribution < 1.29 is 0 Å². The molecule has 0 spiro atoms. The van der Waals surface area contributed by atoms with Crippen LogP contribution >= 0.6 is 0 Å². The number of rotatable bonds is 4. The highest BCUT2D eigenvalue weighted by atomic mass is 15.2. The van der Waals surface area contributed by atoms with Gasteiger partial charge in [0.25, 0.3) is 0 Å². The number of hydrogen-bond donors (Lipinski definition) is 3. The third-order valence-electron chi connectivity index (χ3n) is 1.65. The van der Waals surface area contributed by atoms with E-state index >= 15 is 0 Å². The van der Waals surface area contributed by atoms with Crippen molar-refractivity contribution in [2.75, 3.05) is 18.1 Å². The Balaban J connectivity index is 2.96. The maximum atomic E-state index is 5.79. The molecule has 1 rings (SSSR count).